The summed E-state index contributed by atoms with van der Waals surface area (Å²) in [6.07, 6.45) is 89.5. The predicted octanol–water partition coefficient (Wildman–Crippen LogP) is 23.4. The number of carbonyl (C=O) groups excluding carboxylic acids is 3. The molecule has 0 bridgehead atoms. The molecule has 6 heteroatoms. The Hall–Kier alpha value is -3.41. The third-order valence-electron chi connectivity index (χ3n) is 14.9. The molecule has 0 radical (unpaired) electrons. The van der Waals surface area contributed by atoms with E-state index in [2.05, 4.69) is 93.7 Å². The van der Waals surface area contributed by atoms with Crippen molar-refractivity contribution in [2.45, 2.75) is 348 Å². The van der Waals surface area contributed by atoms with E-state index in [-0.39, 0.29) is 31.6 Å². The van der Waals surface area contributed by atoms with Crippen molar-refractivity contribution in [1.82, 2.24) is 0 Å². The zero-order valence-corrected chi connectivity index (χ0v) is 52.4. The van der Waals surface area contributed by atoms with Gasteiger partial charge in [0.2, 0.25) is 0 Å². The number of ether oxygens (including phenoxy) is 3. The molecule has 0 aliphatic heterocycles. The minimum Gasteiger partial charge on any atom is -0.462 e. The van der Waals surface area contributed by atoms with E-state index in [1.54, 1.807) is 6.08 Å². The number of unbranched alkanes of at least 4 members (excludes halogenated alkanes) is 38. The van der Waals surface area contributed by atoms with Crippen LogP contribution >= 0.6 is 0 Å². The van der Waals surface area contributed by atoms with Crippen LogP contribution in [0, 0.1) is 0 Å². The molecule has 0 heterocycles. The second-order valence-electron chi connectivity index (χ2n) is 22.7. The Labute approximate surface area is 490 Å². The summed E-state index contributed by atoms with van der Waals surface area (Å²) >= 11 is 0. The first-order valence-electron chi connectivity index (χ1n) is 34.1. The van der Waals surface area contributed by atoms with E-state index in [1.807, 2.05) is 6.08 Å². The summed E-state index contributed by atoms with van der Waals surface area (Å²) in [5, 5.41) is 0. The largest absolute Gasteiger partial charge is 0.462 e. The highest BCUT2D eigenvalue weighted by Crippen LogP contribution is 2.18. The van der Waals surface area contributed by atoms with Gasteiger partial charge in [0.15, 0.2) is 6.10 Å². The Bertz CT molecular complexity index is 1500. The molecule has 0 saturated carbocycles. The number of esters is 3. The summed E-state index contributed by atoms with van der Waals surface area (Å²) in [7, 11) is 0. The second kappa shape index (κ2) is 67.1. The quantitative estimate of drug-likeness (QED) is 0.0261. The monoisotopic (exact) mass is 1100 g/mol. The van der Waals surface area contributed by atoms with Crippen LogP contribution in [0.5, 0.6) is 0 Å². The fraction of sp³-hybridized carbons (Fsp3) is 0.767. The molecule has 0 amide bonds. The van der Waals surface area contributed by atoms with Crippen molar-refractivity contribution in [3.05, 3.63) is 85.1 Å². The molecule has 79 heavy (non-hydrogen) atoms. The van der Waals surface area contributed by atoms with Crippen LogP contribution in [0.2, 0.25) is 0 Å². The Morgan fingerprint density at radius 1 is 0.278 bits per heavy atom. The van der Waals surface area contributed by atoms with Gasteiger partial charge < -0.3 is 14.2 Å². The average Bonchev–Trinajstić information content (AvgIpc) is 3.45. The Balaban J connectivity index is 4.09. The first-order valence-corrected chi connectivity index (χ1v) is 34.1. The van der Waals surface area contributed by atoms with E-state index < -0.39 is 12.1 Å². The minimum atomic E-state index is -0.828. The molecule has 0 rings (SSSR count). The van der Waals surface area contributed by atoms with Crippen LogP contribution in [0.1, 0.15) is 342 Å². The SMILES string of the molecule is CC/C=C\C/C=C\C/C=C\C/C=C\C/C=C\CC(=O)OC(COC(=O)CCCCCCCCCCCCC)COC(=O)CCCCCCCCCCCCCCCCCCCCCCCCC/C=C\C/C=C\CCCCCCC. The van der Waals surface area contributed by atoms with Crippen LogP contribution in [0.3, 0.4) is 0 Å². The molecule has 0 aromatic carbocycles. The van der Waals surface area contributed by atoms with E-state index in [9.17, 15) is 14.4 Å². The Morgan fingerprint density at radius 2 is 0.532 bits per heavy atom. The lowest BCUT2D eigenvalue weighted by Crippen LogP contribution is -2.30. The molecular formula is C73H128O6. The second-order valence-corrected chi connectivity index (χ2v) is 22.7. The Kier molecular flexibility index (Phi) is 64.2. The third kappa shape index (κ3) is 65.3. The lowest BCUT2D eigenvalue weighted by molar-refractivity contribution is -0.166. The van der Waals surface area contributed by atoms with Crippen LogP contribution in [0.4, 0.5) is 0 Å². The maximum absolute atomic E-state index is 12.8. The molecule has 0 saturated heterocycles. The molecule has 0 aromatic rings. The smallest absolute Gasteiger partial charge is 0.310 e. The van der Waals surface area contributed by atoms with Crippen molar-refractivity contribution in [3.8, 4) is 0 Å². The molecule has 1 unspecified atom stereocenters. The number of rotatable bonds is 62. The zero-order chi connectivity index (χ0) is 57.1. The summed E-state index contributed by atoms with van der Waals surface area (Å²) < 4.78 is 16.8. The molecule has 0 N–H and O–H groups in total. The molecule has 456 valence electrons. The highest BCUT2D eigenvalue weighted by Gasteiger charge is 2.19. The number of carbonyl (C=O) groups is 3. The molecule has 0 fully saturated rings. The average molecular weight is 1100 g/mol. The molecule has 0 aromatic heterocycles. The fourth-order valence-corrected chi connectivity index (χ4v) is 9.85. The van der Waals surface area contributed by atoms with Gasteiger partial charge in [0.05, 0.1) is 6.42 Å². The Morgan fingerprint density at radius 3 is 0.835 bits per heavy atom. The molecule has 6 nitrogen and oxygen atoms in total. The van der Waals surface area contributed by atoms with Crippen molar-refractivity contribution in [2.24, 2.45) is 0 Å². The van der Waals surface area contributed by atoms with Gasteiger partial charge in [-0.05, 0) is 77.0 Å². The summed E-state index contributed by atoms with van der Waals surface area (Å²) in [5.74, 6) is -1.03. The van der Waals surface area contributed by atoms with Gasteiger partial charge in [-0.2, -0.15) is 0 Å². The predicted molar refractivity (Wildman–Crippen MR) is 344 cm³/mol. The molecule has 0 aliphatic carbocycles. The van der Waals surface area contributed by atoms with Gasteiger partial charge >= 0.3 is 17.9 Å². The topological polar surface area (TPSA) is 78.9 Å². The summed E-state index contributed by atoms with van der Waals surface area (Å²) in [6.45, 7) is 6.46. The van der Waals surface area contributed by atoms with Crippen molar-refractivity contribution < 1.29 is 28.6 Å². The highest BCUT2D eigenvalue weighted by molar-refractivity contribution is 5.72. The van der Waals surface area contributed by atoms with E-state index in [1.165, 1.54) is 225 Å². The fourth-order valence-electron chi connectivity index (χ4n) is 9.85. The van der Waals surface area contributed by atoms with Crippen molar-refractivity contribution in [2.75, 3.05) is 13.2 Å². The highest BCUT2D eigenvalue weighted by atomic mass is 16.6. The van der Waals surface area contributed by atoms with Crippen LogP contribution in [0.25, 0.3) is 0 Å². The lowest BCUT2D eigenvalue weighted by atomic mass is 10.0. The van der Waals surface area contributed by atoms with E-state index in [0.29, 0.717) is 12.8 Å². The zero-order valence-electron chi connectivity index (χ0n) is 52.4. The normalized spacial score (nSPS) is 12.6. The number of allylic oxidation sites excluding steroid dienone is 13. The van der Waals surface area contributed by atoms with Crippen LogP contribution in [0.15, 0.2) is 85.1 Å². The van der Waals surface area contributed by atoms with Crippen molar-refractivity contribution in [3.63, 3.8) is 0 Å². The summed E-state index contributed by atoms with van der Waals surface area (Å²) in [5.41, 5.74) is 0. The van der Waals surface area contributed by atoms with E-state index in [4.69, 9.17) is 14.2 Å². The first kappa shape index (κ1) is 75.6. The number of hydrogen-bond acceptors (Lipinski definition) is 6. The third-order valence-corrected chi connectivity index (χ3v) is 14.9. The maximum Gasteiger partial charge on any atom is 0.310 e. The van der Waals surface area contributed by atoms with Gasteiger partial charge in [-0.1, -0.05) is 331 Å². The minimum absolute atomic E-state index is 0.0999. The summed E-state index contributed by atoms with van der Waals surface area (Å²) in [4.78, 5) is 38.1. The molecule has 0 spiro atoms. The first-order chi connectivity index (χ1) is 39.0. The van der Waals surface area contributed by atoms with Gasteiger partial charge in [-0.15, -0.1) is 0 Å². The molecular weight excluding hydrogens is 973 g/mol. The van der Waals surface area contributed by atoms with E-state index in [0.717, 1.165) is 77.0 Å². The molecule has 0 aliphatic rings. The van der Waals surface area contributed by atoms with Crippen molar-refractivity contribution in [1.29, 1.82) is 0 Å². The number of hydrogen-bond donors (Lipinski definition) is 0. The van der Waals surface area contributed by atoms with Crippen LogP contribution in [-0.4, -0.2) is 37.2 Å². The summed E-state index contributed by atoms with van der Waals surface area (Å²) in [6, 6.07) is 0. The van der Waals surface area contributed by atoms with E-state index >= 15 is 0 Å². The maximum atomic E-state index is 12.8. The van der Waals surface area contributed by atoms with Crippen LogP contribution in [-0.2, 0) is 28.6 Å². The van der Waals surface area contributed by atoms with Gasteiger partial charge in [-0.25, -0.2) is 0 Å². The van der Waals surface area contributed by atoms with Gasteiger partial charge in [0.25, 0.3) is 0 Å². The van der Waals surface area contributed by atoms with Gasteiger partial charge in [0.1, 0.15) is 13.2 Å². The lowest BCUT2D eigenvalue weighted by Gasteiger charge is -2.18. The van der Waals surface area contributed by atoms with Crippen molar-refractivity contribution >= 4 is 17.9 Å². The molecule has 1 atom stereocenters. The van der Waals surface area contributed by atoms with Gasteiger partial charge in [0, 0.05) is 12.8 Å². The standard InChI is InChI=1S/C73H128O6/c1-4-7-10-13-16-19-22-24-26-27-28-29-30-31-32-33-34-35-36-37-38-39-40-41-42-43-44-45-47-48-51-54-57-60-63-66-72(75)78-69-70(68-77-71(74)65-62-59-56-53-50-21-18-15-12-9-6-3)79-73(76)67-64-61-58-55-52-49-46-25-23-20-17-14-11-8-5-2/h8,11,17,20,22,24-25,27-28,46,52,55,61,64,70H,4-7,9-10,12-16,18-19,21,23,26,29-45,47-51,53-54,56-60,62-63,65-69H2,1-3H3/b11-8-,20-17-,24-22-,28-27-,46-25-,55-52-,64-61-. The van der Waals surface area contributed by atoms with Gasteiger partial charge in [-0.3, -0.25) is 14.4 Å². The van der Waals surface area contributed by atoms with Crippen LogP contribution < -0.4 is 0 Å².